The van der Waals surface area contributed by atoms with Gasteiger partial charge in [-0.05, 0) is 54.1 Å². The van der Waals surface area contributed by atoms with Gasteiger partial charge in [0.2, 0.25) is 0 Å². The van der Waals surface area contributed by atoms with Crippen LogP contribution in [0.15, 0.2) is 66.9 Å². The van der Waals surface area contributed by atoms with Crippen LogP contribution >= 0.6 is 34.8 Å². The first-order valence-corrected chi connectivity index (χ1v) is 10.3. The van der Waals surface area contributed by atoms with Gasteiger partial charge in [0.25, 0.3) is 11.7 Å². The molecular formula is C23H15Cl3N2O3. The van der Waals surface area contributed by atoms with E-state index in [0.29, 0.717) is 32.6 Å². The smallest absolute Gasteiger partial charge is 0.298 e. The van der Waals surface area contributed by atoms with Crippen molar-refractivity contribution in [2.75, 3.05) is 12.4 Å². The Balaban J connectivity index is 1.79. The van der Waals surface area contributed by atoms with Crippen LogP contribution in [-0.2, 0) is 4.79 Å². The number of Topliss-reactive ketones (excluding diaryl/α,β-unsaturated/α-hetero) is 1. The summed E-state index contributed by atoms with van der Waals surface area (Å²) in [7, 11) is 1.52. The van der Waals surface area contributed by atoms with E-state index in [1.54, 1.807) is 40.9 Å². The van der Waals surface area contributed by atoms with Crippen molar-refractivity contribution in [3.63, 3.8) is 0 Å². The first-order valence-electron chi connectivity index (χ1n) is 9.14. The van der Waals surface area contributed by atoms with Gasteiger partial charge in [0.1, 0.15) is 11.4 Å². The van der Waals surface area contributed by atoms with Gasteiger partial charge in [0.15, 0.2) is 0 Å². The van der Waals surface area contributed by atoms with Crippen LogP contribution in [0.1, 0.15) is 10.5 Å². The van der Waals surface area contributed by atoms with Crippen LogP contribution in [0, 0.1) is 0 Å². The van der Waals surface area contributed by atoms with Crippen molar-refractivity contribution in [2.45, 2.75) is 0 Å². The molecule has 1 N–H and O–H groups in total. The number of benzene rings is 2. The minimum Gasteiger partial charge on any atom is -0.495 e. The van der Waals surface area contributed by atoms with Crippen LogP contribution in [0.25, 0.3) is 16.6 Å². The summed E-state index contributed by atoms with van der Waals surface area (Å²) in [6, 6.07) is 17.1. The van der Waals surface area contributed by atoms with Crippen LogP contribution in [0.3, 0.4) is 0 Å². The minimum atomic E-state index is -0.825. The van der Waals surface area contributed by atoms with Crippen molar-refractivity contribution in [3.05, 3.63) is 87.6 Å². The molecule has 2 aromatic carbocycles. The third-order valence-electron chi connectivity index (χ3n) is 4.74. The number of rotatable bonds is 5. The molecule has 0 fully saturated rings. The highest BCUT2D eigenvalue weighted by Gasteiger charge is 2.25. The molecule has 0 saturated carbocycles. The zero-order valence-electron chi connectivity index (χ0n) is 16.2. The monoisotopic (exact) mass is 472 g/mol. The van der Waals surface area contributed by atoms with E-state index in [2.05, 4.69) is 5.32 Å². The fourth-order valence-corrected chi connectivity index (χ4v) is 4.00. The molecule has 31 heavy (non-hydrogen) atoms. The quantitative estimate of drug-likeness (QED) is 0.270. The summed E-state index contributed by atoms with van der Waals surface area (Å²) in [5, 5.41) is 3.61. The van der Waals surface area contributed by atoms with E-state index in [4.69, 9.17) is 39.5 Å². The second-order valence-corrected chi connectivity index (χ2v) is 7.91. The third kappa shape index (κ3) is 4.12. The number of fused-ring (bicyclic) bond motifs is 1. The Labute approximate surface area is 193 Å². The highest BCUT2D eigenvalue weighted by Crippen LogP contribution is 2.34. The molecule has 1 amide bonds. The predicted molar refractivity (Wildman–Crippen MR) is 124 cm³/mol. The average molecular weight is 474 g/mol. The number of methoxy groups -OCH3 is 1. The Morgan fingerprint density at radius 3 is 2.45 bits per heavy atom. The molecule has 0 saturated heterocycles. The molecule has 0 radical (unpaired) electrons. The molecule has 0 aliphatic heterocycles. The van der Waals surface area contributed by atoms with Crippen LogP contribution in [0.5, 0.6) is 5.75 Å². The van der Waals surface area contributed by atoms with Crippen LogP contribution in [0.2, 0.25) is 15.1 Å². The molecule has 8 heteroatoms. The van der Waals surface area contributed by atoms with Gasteiger partial charge in [0.05, 0.1) is 22.8 Å². The van der Waals surface area contributed by atoms with Gasteiger partial charge < -0.3 is 14.5 Å². The normalized spacial score (nSPS) is 10.8. The number of amides is 1. The summed E-state index contributed by atoms with van der Waals surface area (Å²) in [6.45, 7) is 0. The molecule has 0 unspecified atom stereocenters. The van der Waals surface area contributed by atoms with Crippen molar-refractivity contribution in [3.8, 4) is 16.9 Å². The summed E-state index contributed by atoms with van der Waals surface area (Å²) in [5.74, 6) is -1.04. The predicted octanol–water partition coefficient (Wildman–Crippen LogP) is 6.40. The Hall–Kier alpha value is -2.99. The topological polar surface area (TPSA) is 59.8 Å². The number of hydrogen-bond donors (Lipinski definition) is 1. The van der Waals surface area contributed by atoms with E-state index >= 15 is 0 Å². The number of halogens is 3. The average Bonchev–Trinajstić information content (AvgIpc) is 3.14. The van der Waals surface area contributed by atoms with Crippen LogP contribution in [-0.4, -0.2) is 23.2 Å². The number of anilines is 1. The van der Waals surface area contributed by atoms with Crippen molar-refractivity contribution < 1.29 is 14.3 Å². The van der Waals surface area contributed by atoms with Crippen LogP contribution < -0.4 is 10.1 Å². The van der Waals surface area contributed by atoms with Crippen molar-refractivity contribution >= 4 is 57.7 Å². The summed E-state index contributed by atoms with van der Waals surface area (Å²) < 4.78 is 6.87. The van der Waals surface area contributed by atoms with E-state index in [9.17, 15) is 9.59 Å². The van der Waals surface area contributed by atoms with Crippen molar-refractivity contribution in [2.24, 2.45) is 0 Å². The second-order valence-electron chi connectivity index (χ2n) is 6.66. The van der Waals surface area contributed by atoms with E-state index in [-0.39, 0.29) is 10.7 Å². The molecule has 0 aliphatic carbocycles. The van der Waals surface area contributed by atoms with E-state index in [0.717, 1.165) is 5.52 Å². The molecule has 2 aromatic heterocycles. The number of hydrogen-bond acceptors (Lipinski definition) is 3. The summed E-state index contributed by atoms with van der Waals surface area (Å²) in [5.41, 5.74) is 2.50. The molecule has 0 bridgehead atoms. The maximum Gasteiger partial charge on any atom is 0.298 e. The Morgan fingerprint density at radius 2 is 1.74 bits per heavy atom. The largest absolute Gasteiger partial charge is 0.495 e. The first-order chi connectivity index (χ1) is 14.9. The second kappa shape index (κ2) is 8.63. The zero-order valence-corrected chi connectivity index (χ0v) is 18.4. The molecule has 2 heterocycles. The Morgan fingerprint density at radius 1 is 0.935 bits per heavy atom. The van der Waals surface area contributed by atoms with Gasteiger partial charge in [-0.15, -0.1) is 0 Å². The number of aromatic nitrogens is 1. The molecule has 4 aromatic rings. The first kappa shape index (κ1) is 21.2. The highest BCUT2D eigenvalue weighted by molar-refractivity contribution is 6.48. The van der Waals surface area contributed by atoms with Gasteiger partial charge in [-0.25, -0.2) is 0 Å². The number of nitrogens with one attached hydrogen (secondary N) is 1. The fraction of sp³-hybridized carbons (Fsp3) is 0.0435. The molecule has 5 nitrogen and oxygen atoms in total. The van der Waals surface area contributed by atoms with Gasteiger partial charge in [-0.3, -0.25) is 9.59 Å². The number of ketones is 1. The maximum absolute atomic E-state index is 13.2. The van der Waals surface area contributed by atoms with Crippen molar-refractivity contribution in [1.29, 1.82) is 0 Å². The molecule has 0 spiro atoms. The van der Waals surface area contributed by atoms with E-state index in [1.165, 1.54) is 19.2 Å². The summed E-state index contributed by atoms with van der Waals surface area (Å²) >= 11 is 18.3. The SMILES string of the molecule is COc1ccc(-c2cc3ccccn3c2C(=O)C(=O)Nc2ccc(Cl)cc2Cl)cc1Cl. The van der Waals surface area contributed by atoms with Gasteiger partial charge >= 0.3 is 0 Å². The third-order valence-corrected chi connectivity index (χ3v) is 5.59. The number of pyridine rings is 1. The zero-order chi connectivity index (χ0) is 22.1. The molecule has 4 rings (SSSR count). The van der Waals surface area contributed by atoms with Gasteiger partial charge in [-0.2, -0.15) is 0 Å². The lowest BCUT2D eigenvalue weighted by atomic mass is 10.0. The molecule has 156 valence electrons. The molecular weight excluding hydrogens is 459 g/mol. The van der Waals surface area contributed by atoms with Gasteiger partial charge in [0, 0.05) is 22.3 Å². The number of ether oxygens (including phenoxy) is 1. The molecule has 0 aliphatic rings. The fourth-order valence-electron chi connectivity index (χ4n) is 3.29. The lowest BCUT2D eigenvalue weighted by molar-refractivity contribution is -0.112. The van der Waals surface area contributed by atoms with Crippen molar-refractivity contribution in [1.82, 2.24) is 4.40 Å². The Bertz CT molecular complexity index is 1330. The maximum atomic E-state index is 13.2. The summed E-state index contributed by atoms with van der Waals surface area (Å²) in [4.78, 5) is 26.1. The Kier molecular flexibility index (Phi) is 5.92. The standard InChI is InChI=1S/C23H15Cl3N2O3/c1-31-20-8-5-13(10-18(20)26)16-12-15-4-2-3-9-28(15)21(16)22(29)23(30)27-19-7-6-14(24)11-17(19)25/h2-12H,1H3,(H,27,30). The van der Waals surface area contributed by atoms with Crippen LogP contribution in [0.4, 0.5) is 5.69 Å². The highest BCUT2D eigenvalue weighted by atomic mass is 35.5. The lowest BCUT2D eigenvalue weighted by Gasteiger charge is -2.10. The number of carbonyl (C=O) groups excluding carboxylic acids is 2. The van der Waals surface area contributed by atoms with E-state index < -0.39 is 11.7 Å². The number of nitrogens with zero attached hydrogens (tertiary/aromatic N) is 1. The van der Waals surface area contributed by atoms with Gasteiger partial charge in [-0.1, -0.05) is 46.9 Å². The number of carbonyl (C=O) groups is 2. The lowest BCUT2D eigenvalue weighted by Crippen LogP contribution is -2.24. The minimum absolute atomic E-state index is 0.208. The molecule has 0 atom stereocenters. The van der Waals surface area contributed by atoms with E-state index in [1.807, 2.05) is 18.2 Å². The summed E-state index contributed by atoms with van der Waals surface area (Å²) in [6.07, 6.45) is 1.72.